The first kappa shape index (κ1) is 14.3. The van der Waals surface area contributed by atoms with E-state index >= 15 is 0 Å². The molecular formula is C15H29NO2. The van der Waals surface area contributed by atoms with Crippen LogP contribution in [0.3, 0.4) is 0 Å². The van der Waals surface area contributed by atoms with Gasteiger partial charge in [0.05, 0.1) is 12.2 Å². The van der Waals surface area contributed by atoms with Gasteiger partial charge in [0.15, 0.2) is 0 Å². The highest BCUT2D eigenvalue weighted by atomic mass is 16.5. The Morgan fingerprint density at radius 3 is 2.78 bits per heavy atom. The van der Waals surface area contributed by atoms with Crippen LogP contribution < -0.4 is 0 Å². The first-order chi connectivity index (χ1) is 8.70. The second-order valence-electron chi connectivity index (χ2n) is 6.18. The van der Waals surface area contributed by atoms with Crippen LogP contribution in [0, 0.1) is 5.92 Å². The summed E-state index contributed by atoms with van der Waals surface area (Å²) in [5, 5.41) is 10.2. The molecule has 0 bridgehead atoms. The van der Waals surface area contributed by atoms with Crippen molar-refractivity contribution in [3.63, 3.8) is 0 Å². The molecule has 2 rings (SSSR count). The van der Waals surface area contributed by atoms with E-state index in [-0.39, 0.29) is 6.10 Å². The van der Waals surface area contributed by atoms with E-state index in [0.717, 1.165) is 31.9 Å². The van der Waals surface area contributed by atoms with Gasteiger partial charge in [-0.25, -0.2) is 0 Å². The molecule has 0 spiro atoms. The van der Waals surface area contributed by atoms with Crippen LogP contribution in [0.5, 0.6) is 0 Å². The van der Waals surface area contributed by atoms with Crippen LogP contribution in [0.1, 0.15) is 51.9 Å². The minimum atomic E-state index is -0.135. The fourth-order valence-electron chi connectivity index (χ4n) is 3.60. The smallest absolute Gasteiger partial charge is 0.0702 e. The van der Waals surface area contributed by atoms with E-state index in [1.54, 1.807) is 0 Å². The fraction of sp³-hybridized carbons (Fsp3) is 1.00. The molecule has 4 atom stereocenters. The molecule has 1 aliphatic carbocycles. The zero-order valence-electron chi connectivity index (χ0n) is 12.0. The molecule has 106 valence electrons. The maximum absolute atomic E-state index is 10.2. The molecule has 3 nitrogen and oxygen atoms in total. The van der Waals surface area contributed by atoms with Gasteiger partial charge in [-0.3, -0.25) is 4.90 Å². The van der Waals surface area contributed by atoms with Crippen molar-refractivity contribution < 1.29 is 9.84 Å². The standard InChI is InChI=1S/C15H29NO2/c1-3-5-12-7-8-15(17)14(10-12)16(2)11-13-6-4-9-18-13/h12-15,17H,3-11H2,1-2H3. The first-order valence-corrected chi connectivity index (χ1v) is 7.70. The topological polar surface area (TPSA) is 32.7 Å². The van der Waals surface area contributed by atoms with Crippen molar-refractivity contribution in [2.45, 2.75) is 70.1 Å². The summed E-state index contributed by atoms with van der Waals surface area (Å²) in [6.45, 7) is 4.17. The number of ether oxygens (including phenoxy) is 1. The number of rotatable bonds is 5. The highest BCUT2D eigenvalue weighted by molar-refractivity contribution is 4.86. The third-order valence-electron chi connectivity index (χ3n) is 4.67. The number of nitrogens with zero attached hydrogens (tertiary/aromatic N) is 1. The van der Waals surface area contributed by atoms with Crippen molar-refractivity contribution in [2.75, 3.05) is 20.2 Å². The number of likely N-dealkylation sites (N-methyl/N-ethyl adjacent to an activating group) is 1. The van der Waals surface area contributed by atoms with E-state index in [9.17, 15) is 5.11 Å². The van der Waals surface area contributed by atoms with Crippen LogP contribution >= 0.6 is 0 Å². The summed E-state index contributed by atoms with van der Waals surface area (Å²) in [6.07, 6.45) is 8.58. The lowest BCUT2D eigenvalue weighted by molar-refractivity contribution is -0.00932. The van der Waals surface area contributed by atoms with Gasteiger partial charge in [-0.2, -0.15) is 0 Å². The molecule has 3 heteroatoms. The quantitative estimate of drug-likeness (QED) is 0.819. The summed E-state index contributed by atoms with van der Waals surface area (Å²) in [5.41, 5.74) is 0. The summed E-state index contributed by atoms with van der Waals surface area (Å²) < 4.78 is 5.70. The SMILES string of the molecule is CCCC1CCC(O)C(N(C)CC2CCCO2)C1. The zero-order valence-corrected chi connectivity index (χ0v) is 12.0. The van der Waals surface area contributed by atoms with Gasteiger partial charge >= 0.3 is 0 Å². The van der Waals surface area contributed by atoms with Crippen LogP contribution in [0.2, 0.25) is 0 Å². The van der Waals surface area contributed by atoms with Gasteiger partial charge < -0.3 is 9.84 Å². The van der Waals surface area contributed by atoms with Crippen LogP contribution in [0.25, 0.3) is 0 Å². The second kappa shape index (κ2) is 6.88. The second-order valence-corrected chi connectivity index (χ2v) is 6.18. The first-order valence-electron chi connectivity index (χ1n) is 7.70. The van der Waals surface area contributed by atoms with Crippen LogP contribution in [0.4, 0.5) is 0 Å². The van der Waals surface area contributed by atoms with E-state index in [2.05, 4.69) is 18.9 Å². The molecular weight excluding hydrogens is 226 g/mol. The summed E-state index contributed by atoms with van der Waals surface area (Å²) in [5.74, 6) is 0.815. The van der Waals surface area contributed by atoms with E-state index in [4.69, 9.17) is 4.74 Å². The lowest BCUT2D eigenvalue weighted by Gasteiger charge is -2.39. The Morgan fingerprint density at radius 1 is 1.28 bits per heavy atom. The monoisotopic (exact) mass is 255 g/mol. The van der Waals surface area contributed by atoms with Gasteiger partial charge in [0, 0.05) is 19.2 Å². The Kier molecular flexibility index (Phi) is 5.46. The Labute approximate surface area is 112 Å². The predicted octanol–water partition coefficient (Wildman–Crippen LogP) is 2.43. The molecule has 2 aliphatic rings. The lowest BCUT2D eigenvalue weighted by atomic mass is 9.81. The molecule has 0 aromatic heterocycles. The van der Waals surface area contributed by atoms with Crippen molar-refractivity contribution in [3.8, 4) is 0 Å². The zero-order chi connectivity index (χ0) is 13.0. The van der Waals surface area contributed by atoms with Crippen LogP contribution in [0.15, 0.2) is 0 Å². The van der Waals surface area contributed by atoms with Gasteiger partial charge in [0.1, 0.15) is 0 Å². The Bertz CT molecular complexity index is 241. The van der Waals surface area contributed by atoms with Crippen molar-refractivity contribution in [1.82, 2.24) is 4.90 Å². The molecule has 4 unspecified atom stereocenters. The molecule has 1 saturated carbocycles. The molecule has 0 aromatic carbocycles. The van der Waals surface area contributed by atoms with Gasteiger partial charge in [-0.1, -0.05) is 19.8 Å². The van der Waals surface area contributed by atoms with Crippen molar-refractivity contribution >= 4 is 0 Å². The third-order valence-corrected chi connectivity index (χ3v) is 4.67. The fourth-order valence-corrected chi connectivity index (χ4v) is 3.60. The van der Waals surface area contributed by atoms with Gasteiger partial charge in [0.25, 0.3) is 0 Å². The van der Waals surface area contributed by atoms with Gasteiger partial charge in [0.2, 0.25) is 0 Å². The molecule has 0 aromatic rings. The normalized spacial score (nSPS) is 37.3. The maximum atomic E-state index is 10.2. The number of hydrogen-bond acceptors (Lipinski definition) is 3. The van der Waals surface area contributed by atoms with Crippen molar-refractivity contribution in [3.05, 3.63) is 0 Å². The molecule has 1 aliphatic heterocycles. The van der Waals surface area contributed by atoms with Gasteiger partial charge in [-0.15, -0.1) is 0 Å². The molecule has 1 N–H and O–H groups in total. The summed E-state index contributed by atoms with van der Waals surface area (Å²) in [6, 6.07) is 0.347. The predicted molar refractivity (Wildman–Crippen MR) is 73.6 cm³/mol. The van der Waals surface area contributed by atoms with Crippen LogP contribution in [-0.4, -0.2) is 48.5 Å². The average molecular weight is 255 g/mol. The molecule has 1 heterocycles. The van der Waals surface area contributed by atoms with Crippen molar-refractivity contribution in [2.24, 2.45) is 5.92 Å². The highest BCUT2D eigenvalue weighted by Crippen LogP contribution is 2.31. The largest absolute Gasteiger partial charge is 0.391 e. The van der Waals surface area contributed by atoms with Crippen molar-refractivity contribution in [1.29, 1.82) is 0 Å². The van der Waals surface area contributed by atoms with E-state index in [1.165, 1.54) is 32.1 Å². The average Bonchev–Trinajstić information content (AvgIpc) is 2.84. The van der Waals surface area contributed by atoms with Gasteiger partial charge in [-0.05, 0) is 45.1 Å². The Balaban J connectivity index is 1.83. The molecule has 0 amide bonds. The minimum absolute atomic E-state index is 0.135. The minimum Gasteiger partial charge on any atom is -0.391 e. The number of aliphatic hydroxyl groups excluding tert-OH is 1. The Hall–Kier alpha value is -0.120. The Morgan fingerprint density at radius 2 is 2.11 bits per heavy atom. The number of hydrogen-bond donors (Lipinski definition) is 1. The molecule has 18 heavy (non-hydrogen) atoms. The molecule has 2 fully saturated rings. The summed E-state index contributed by atoms with van der Waals surface area (Å²) in [7, 11) is 2.16. The maximum Gasteiger partial charge on any atom is 0.0702 e. The molecule has 0 radical (unpaired) electrons. The summed E-state index contributed by atoms with van der Waals surface area (Å²) in [4.78, 5) is 2.35. The molecule has 1 saturated heterocycles. The van der Waals surface area contributed by atoms with E-state index in [1.807, 2.05) is 0 Å². The van der Waals surface area contributed by atoms with E-state index < -0.39 is 0 Å². The lowest BCUT2D eigenvalue weighted by Crippen LogP contribution is -2.47. The van der Waals surface area contributed by atoms with E-state index in [0.29, 0.717) is 12.1 Å². The summed E-state index contributed by atoms with van der Waals surface area (Å²) >= 11 is 0. The van der Waals surface area contributed by atoms with Crippen LogP contribution in [-0.2, 0) is 4.74 Å². The number of aliphatic hydroxyl groups is 1. The highest BCUT2D eigenvalue weighted by Gasteiger charge is 2.32. The third kappa shape index (κ3) is 3.69.